The number of aliphatic carboxylic acids is 1. The molecule has 1 N–H and O–H groups in total. The van der Waals surface area contributed by atoms with E-state index in [2.05, 4.69) is 18.0 Å². The van der Waals surface area contributed by atoms with Crippen LogP contribution in [0, 0.1) is 17.3 Å². The summed E-state index contributed by atoms with van der Waals surface area (Å²) in [5.74, 6) is -1.36. The summed E-state index contributed by atoms with van der Waals surface area (Å²) in [6.07, 6.45) is 7.55. The Bertz CT molecular complexity index is 1290. The number of carbonyl (C=O) groups is 3. The van der Waals surface area contributed by atoms with Crippen LogP contribution in [0.2, 0.25) is 0 Å². The molecule has 5 atom stereocenters. The molecule has 1 aromatic carbocycles. The number of Topliss-reactive ketones (excluding diaryl/α,β-unsaturated/α-hetero) is 2. The van der Waals surface area contributed by atoms with Gasteiger partial charge in [0.1, 0.15) is 17.6 Å². The van der Waals surface area contributed by atoms with E-state index in [0.29, 0.717) is 17.8 Å². The molecular weight excluding hydrogens is 418 g/mol. The molecule has 2 heterocycles. The van der Waals surface area contributed by atoms with E-state index in [0.717, 1.165) is 34.8 Å². The van der Waals surface area contributed by atoms with Crippen molar-refractivity contribution >= 4 is 28.3 Å². The lowest BCUT2D eigenvalue weighted by atomic mass is 9.61. The first kappa shape index (κ1) is 20.3. The summed E-state index contributed by atoms with van der Waals surface area (Å²) in [6, 6.07) is 8.16. The van der Waals surface area contributed by atoms with Crippen molar-refractivity contribution in [3.05, 3.63) is 65.2 Å². The van der Waals surface area contributed by atoms with Gasteiger partial charge in [-0.1, -0.05) is 25.1 Å². The van der Waals surface area contributed by atoms with Crippen LogP contribution in [-0.2, 0) is 19.1 Å². The molecule has 0 saturated heterocycles. The van der Waals surface area contributed by atoms with Gasteiger partial charge in [-0.05, 0) is 46.9 Å². The Morgan fingerprint density at radius 2 is 2.00 bits per heavy atom. The van der Waals surface area contributed by atoms with Gasteiger partial charge in [0.2, 0.25) is 0 Å². The van der Waals surface area contributed by atoms with E-state index in [1.165, 1.54) is 0 Å². The van der Waals surface area contributed by atoms with Crippen LogP contribution in [-0.4, -0.2) is 33.7 Å². The van der Waals surface area contributed by atoms with Gasteiger partial charge in [0, 0.05) is 48.9 Å². The number of ether oxygens (including phenoxy) is 1. The molecule has 2 aromatic rings. The van der Waals surface area contributed by atoms with Crippen molar-refractivity contribution < 1.29 is 24.2 Å². The van der Waals surface area contributed by atoms with Gasteiger partial charge in [-0.2, -0.15) is 0 Å². The van der Waals surface area contributed by atoms with Gasteiger partial charge < -0.3 is 9.84 Å². The highest BCUT2D eigenvalue weighted by Gasteiger charge is 2.58. The number of hydrogen-bond acceptors (Lipinski definition) is 5. The first-order chi connectivity index (χ1) is 15.8. The number of aromatic nitrogens is 1. The largest absolute Gasteiger partial charge is 0.489 e. The molecule has 33 heavy (non-hydrogen) atoms. The van der Waals surface area contributed by atoms with Gasteiger partial charge in [0.05, 0.1) is 11.5 Å². The van der Waals surface area contributed by atoms with E-state index in [4.69, 9.17) is 4.74 Å². The summed E-state index contributed by atoms with van der Waals surface area (Å²) >= 11 is 0. The third-order valence-corrected chi connectivity index (χ3v) is 8.34. The minimum Gasteiger partial charge on any atom is -0.489 e. The highest BCUT2D eigenvalue weighted by atomic mass is 16.5. The lowest BCUT2D eigenvalue weighted by Gasteiger charge is -2.47. The van der Waals surface area contributed by atoms with Crippen molar-refractivity contribution in [2.24, 2.45) is 17.3 Å². The molecule has 0 spiro atoms. The minimum absolute atomic E-state index is 0.00232. The predicted molar refractivity (Wildman–Crippen MR) is 120 cm³/mol. The Balaban J connectivity index is 1.35. The number of hydrogen-bond donors (Lipinski definition) is 1. The summed E-state index contributed by atoms with van der Waals surface area (Å²) in [4.78, 5) is 41.7. The summed E-state index contributed by atoms with van der Waals surface area (Å²) in [5, 5.41) is 11.6. The monoisotopic (exact) mass is 443 g/mol. The summed E-state index contributed by atoms with van der Waals surface area (Å²) in [5.41, 5.74) is 2.37. The number of fused-ring (bicyclic) bond motifs is 4. The van der Waals surface area contributed by atoms with E-state index < -0.39 is 11.9 Å². The number of carboxylic acid groups (broad SMARTS) is 1. The number of nitrogens with zero attached hydrogens (tertiary/aromatic N) is 1. The Morgan fingerprint density at radius 1 is 1.15 bits per heavy atom. The zero-order chi connectivity index (χ0) is 22.9. The first-order valence-electron chi connectivity index (χ1n) is 11.6. The topological polar surface area (TPSA) is 93.6 Å². The highest BCUT2D eigenvalue weighted by Crippen LogP contribution is 2.60. The van der Waals surface area contributed by atoms with Crippen LogP contribution in [0.5, 0.6) is 0 Å². The normalized spacial score (nSPS) is 33.2. The number of pyridine rings is 1. The predicted octanol–water partition coefficient (Wildman–Crippen LogP) is 4.35. The minimum atomic E-state index is -0.968. The number of carboxylic acids is 1. The summed E-state index contributed by atoms with van der Waals surface area (Å²) in [7, 11) is 0. The standard InChI is InChI=1S/C27H25NO5/c1-27-6-4-16-9-19-21(29)10-18(26(31)32)11-23(19)33-25(16)20(27)12-22(30)24(27)15-2-3-17-13-28-7-5-14(17)8-15/h2-3,5,7-9,13,18,20,24-25H,4,6,10-12H2,1H3,(H,31,32)/t18?,20-,24-,25+,27-/m0/s1. The molecule has 1 aromatic heterocycles. The Morgan fingerprint density at radius 3 is 2.82 bits per heavy atom. The fourth-order valence-electron chi connectivity index (χ4n) is 6.59. The fourth-order valence-corrected chi connectivity index (χ4v) is 6.59. The van der Waals surface area contributed by atoms with Crippen molar-refractivity contribution in [2.45, 2.75) is 51.0 Å². The average molecular weight is 443 g/mol. The van der Waals surface area contributed by atoms with Gasteiger partial charge in [-0.25, -0.2) is 0 Å². The second-order valence-corrected chi connectivity index (χ2v) is 10.2. The van der Waals surface area contributed by atoms with Crippen LogP contribution in [0.4, 0.5) is 0 Å². The van der Waals surface area contributed by atoms with Crippen LogP contribution in [0.3, 0.4) is 0 Å². The second kappa shape index (κ2) is 7.11. The second-order valence-electron chi connectivity index (χ2n) is 10.2. The number of carbonyl (C=O) groups excluding carboxylic acids is 2. The Kier molecular flexibility index (Phi) is 4.38. The zero-order valence-corrected chi connectivity index (χ0v) is 18.4. The van der Waals surface area contributed by atoms with E-state index in [9.17, 15) is 19.5 Å². The SMILES string of the molecule is C[C@]12CCC3=CC4=C(CC(C(=O)O)CC4=O)O[C@H]3[C@@H]1CC(=O)[C@@H]2c1ccc2cnccc2c1. The maximum Gasteiger partial charge on any atom is 0.307 e. The van der Waals surface area contributed by atoms with Gasteiger partial charge in [-0.15, -0.1) is 0 Å². The molecule has 6 nitrogen and oxygen atoms in total. The molecule has 1 aliphatic heterocycles. The first-order valence-corrected chi connectivity index (χ1v) is 11.6. The maximum absolute atomic E-state index is 13.4. The highest BCUT2D eigenvalue weighted by molar-refractivity contribution is 6.02. The molecule has 2 saturated carbocycles. The van der Waals surface area contributed by atoms with Crippen LogP contribution in [0.25, 0.3) is 10.8 Å². The quantitative estimate of drug-likeness (QED) is 0.742. The van der Waals surface area contributed by atoms with Crippen molar-refractivity contribution in [1.29, 1.82) is 0 Å². The van der Waals surface area contributed by atoms with Gasteiger partial charge >= 0.3 is 5.97 Å². The fraction of sp³-hybridized carbons (Fsp3) is 0.407. The number of ketones is 2. The van der Waals surface area contributed by atoms with E-state index >= 15 is 0 Å². The van der Waals surface area contributed by atoms with E-state index in [1.807, 2.05) is 30.5 Å². The van der Waals surface area contributed by atoms with Crippen LogP contribution in [0.1, 0.15) is 50.5 Å². The summed E-state index contributed by atoms with van der Waals surface area (Å²) < 4.78 is 6.39. The molecule has 6 heteroatoms. The van der Waals surface area contributed by atoms with Crippen molar-refractivity contribution in [3.8, 4) is 0 Å². The molecule has 1 unspecified atom stereocenters. The molecule has 0 amide bonds. The Labute approximate surface area is 191 Å². The number of rotatable bonds is 2. The van der Waals surface area contributed by atoms with Gasteiger partial charge in [-0.3, -0.25) is 19.4 Å². The molecular formula is C27H25NO5. The zero-order valence-electron chi connectivity index (χ0n) is 18.4. The third-order valence-electron chi connectivity index (χ3n) is 8.34. The summed E-state index contributed by atoms with van der Waals surface area (Å²) in [6.45, 7) is 2.19. The van der Waals surface area contributed by atoms with Crippen molar-refractivity contribution in [3.63, 3.8) is 0 Å². The van der Waals surface area contributed by atoms with Crippen molar-refractivity contribution in [1.82, 2.24) is 4.98 Å². The number of allylic oxidation sites excluding steroid dienone is 3. The van der Waals surface area contributed by atoms with Gasteiger partial charge in [0.15, 0.2) is 5.78 Å². The lowest BCUT2D eigenvalue weighted by Crippen LogP contribution is -2.44. The molecule has 2 fully saturated rings. The Hall–Kier alpha value is -3.28. The van der Waals surface area contributed by atoms with E-state index in [-0.39, 0.29) is 47.8 Å². The molecule has 6 rings (SSSR count). The van der Waals surface area contributed by atoms with Gasteiger partial charge in [0.25, 0.3) is 0 Å². The third kappa shape index (κ3) is 3.00. The maximum atomic E-state index is 13.4. The van der Waals surface area contributed by atoms with E-state index in [1.54, 1.807) is 6.20 Å². The molecule has 4 aliphatic rings. The van der Waals surface area contributed by atoms with Crippen LogP contribution >= 0.6 is 0 Å². The van der Waals surface area contributed by atoms with Crippen LogP contribution in [0.15, 0.2) is 59.6 Å². The molecule has 0 bridgehead atoms. The van der Waals surface area contributed by atoms with Crippen molar-refractivity contribution in [2.75, 3.05) is 0 Å². The average Bonchev–Trinajstić information content (AvgIpc) is 3.08. The molecule has 168 valence electrons. The lowest BCUT2D eigenvalue weighted by molar-refractivity contribution is -0.144. The smallest absolute Gasteiger partial charge is 0.307 e. The molecule has 0 radical (unpaired) electrons. The molecule has 3 aliphatic carbocycles. The van der Waals surface area contributed by atoms with Crippen LogP contribution < -0.4 is 0 Å². The number of benzene rings is 1.